The van der Waals surface area contributed by atoms with Crippen molar-refractivity contribution in [3.05, 3.63) is 23.2 Å². The number of nitrogens with one attached hydrogen (secondary N) is 1. The van der Waals surface area contributed by atoms with Crippen LogP contribution in [0, 0.1) is 0 Å². The van der Waals surface area contributed by atoms with E-state index < -0.39 is 0 Å². The Bertz CT molecular complexity index is 415. The van der Waals surface area contributed by atoms with E-state index >= 15 is 0 Å². The first-order chi connectivity index (χ1) is 8.52. The van der Waals surface area contributed by atoms with E-state index in [4.69, 9.17) is 22.1 Å². The minimum absolute atomic E-state index is 0.000178. The summed E-state index contributed by atoms with van der Waals surface area (Å²) in [6, 6.07) is 5.21. The second kappa shape index (κ2) is 7.51. The van der Waals surface area contributed by atoms with Crippen LogP contribution in [0.1, 0.15) is 6.92 Å². The molecule has 1 rings (SSSR count). The molecule has 6 heteroatoms. The van der Waals surface area contributed by atoms with E-state index in [1.165, 1.54) is 11.8 Å². The Morgan fingerprint density at radius 3 is 3.00 bits per heavy atom. The molecule has 0 heterocycles. The number of thioether (sulfide) groups is 1. The molecule has 1 aromatic rings. The van der Waals surface area contributed by atoms with Crippen molar-refractivity contribution in [3.63, 3.8) is 0 Å². The van der Waals surface area contributed by atoms with E-state index in [9.17, 15) is 4.79 Å². The van der Waals surface area contributed by atoms with Gasteiger partial charge in [-0.2, -0.15) is 0 Å². The number of carbonyl (C=O) groups is 1. The molecule has 1 unspecified atom stereocenters. The minimum atomic E-state index is -0.0519. The van der Waals surface area contributed by atoms with Gasteiger partial charge in [-0.1, -0.05) is 11.6 Å². The van der Waals surface area contributed by atoms with Crippen molar-refractivity contribution in [3.8, 4) is 0 Å². The lowest BCUT2D eigenvalue weighted by atomic mass is 10.3. The van der Waals surface area contributed by atoms with Crippen molar-refractivity contribution in [1.29, 1.82) is 0 Å². The number of benzene rings is 1. The standard InChI is InChI=1S/C12H17ClN2O2S/c1-8(6-17-2)15-12(16)7-18-11-5-9(13)3-4-10(11)14/h3-5,8H,6-7,14H2,1-2H3,(H,15,16). The van der Waals surface area contributed by atoms with Gasteiger partial charge in [0.2, 0.25) is 5.91 Å². The lowest BCUT2D eigenvalue weighted by Gasteiger charge is -2.12. The fourth-order valence-electron chi connectivity index (χ4n) is 1.38. The lowest BCUT2D eigenvalue weighted by Crippen LogP contribution is -2.36. The number of rotatable bonds is 6. The third-order valence-electron chi connectivity index (χ3n) is 2.16. The van der Waals surface area contributed by atoms with E-state index in [1.807, 2.05) is 6.92 Å². The highest BCUT2D eigenvalue weighted by Gasteiger charge is 2.09. The highest BCUT2D eigenvalue weighted by atomic mass is 35.5. The van der Waals surface area contributed by atoms with Gasteiger partial charge in [-0.05, 0) is 25.1 Å². The van der Waals surface area contributed by atoms with Gasteiger partial charge in [0.1, 0.15) is 0 Å². The number of nitrogens with two attached hydrogens (primary N) is 1. The normalized spacial score (nSPS) is 12.2. The predicted octanol–water partition coefficient (Wildman–Crippen LogP) is 2.17. The number of anilines is 1. The number of hydrogen-bond acceptors (Lipinski definition) is 4. The number of amides is 1. The van der Waals surface area contributed by atoms with Gasteiger partial charge in [0.15, 0.2) is 0 Å². The van der Waals surface area contributed by atoms with Crippen molar-refractivity contribution in [2.24, 2.45) is 0 Å². The molecule has 0 aromatic heterocycles. The average Bonchev–Trinajstić information content (AvgIpc) is 2.30. The first-order valence-electron chi connectivity index (χ1n) is 5.49. The maximum absolute atomic E-state index is 11.6. The summed E-state index contributed by atoms with van der Waals surface area (Å²) in [5.74, 6) is 0.252. The van der Waals surface area contributed by atoms with Gasteiger partial charge in [0, 0.05) is 28.8 Å². The molecule has 0 saturated carbocycles. The van der Waals surface area contributed by atoms with E-state index in [0.29, 0.717) is 23.1 Å². The first-order valence-corrected chi connectivity index (χ1v) is 6.85. The maximum atomic E-state index is 11.6. The highest BCUT2D eigenvalue weighted by Crippen LogP contribution is 2.27. The van der Waals surface area contributed by atoms with Crippen LogP contribution < -0.4 is 11.1 Å². The van der Waals surface area contributed by atoms with E-state index in [0.717, 1.165) is 4.90 Å². The third kappa shape index (κ3) is 5.16. The molecule has 4 nitrogen and oxygen atoms in total. The molecule has 1 atom stereocenters. The molecule has 18 heavy (non-hydrogen) atoms. The second-order valence-electron chi connectivity index (χ2n) is 3.89. The zero-order valence-electron chi connectivity index (χ0n) is 10.4. The molecule has 1 aromatic carbocycles. The summed E-state index contributed by atoms with van der Waals surface area (Å²) in [5, 5.41) is 3.44. The Labute approximate surface area is 116 Å². The van der Waals surface area contributed by atoms with E-state index in [-0.39, 0.29) is 11.9 Å². The Hall–Kier alpha value is -0.910. The fourth-order valence-corrected chi connectivity index (χ4v) is 2.44. The molecular formula is C12H17ClN2O2S. The van der Waals surface area contributed by atoms with Crippen LogP contribution in [0.3, 0.4) is 0 Å². The molecule has 0 radical (unpaired) electrons. The molecule has 0 aliphatic rings. The molecule has 0 spiro atoms. The second-order valence-corrected chi connectivity index (χ2v) is 5.35. The summed E-state index contributed by atoms with van der Waals surface area (Å²) >= 11 is 7.24. The van der Waals surface area contributed by atoms with Gasteiger partial charge in [-0.25, -0.2) is 0 Å². The first kappa shape index (κ1) is 15.1. The van der Waals surface area contributed by atoms with Crippen LogP contribution in [0.5, 0.6) is 0 Å². The average molecular weight is 289 g/mol. The summed E-state index contributed by atoms with van der Waals surface area (Å²) in [7, 11) is 1.60. The molecule has 0 aliphatic carbocycles. The maximum Gasteiger partial charge on any atom is 0.230 e. The predicted molar refractivity (Wildman–Crippen MR) is 76.1 cm³/mol. The van der Waals surface area contributed by atoms with Crippen molar-refractivity contribution in [1.82, 2.24) is 5.32 Å². The summed E-state index contributed by atoms with van der Waals surface area (Å²) < 4.78 is 4.94. The lowest BCUT2D eigenvalue weighted by molar-refractivity contribution is -0.119. The zero-order valence-corrected chi connectivity index (χ0v) is 12.0. The molecule has 0 fully saturated rings. The van der Waals surface area contributed by atoms with Crippen LogP contribution in [0.2, 0.25) is 5.02 Å². The monoisotopic (exact) mass is 288 g/mol. The van der Waals surface area contributed by atoms with E-state index in [1.54, 1.807) is 25.3 Å². The zero-order chi connectivity index (χ0) is 13.5. The Balaban J connectivity index is 2.45. The van der Waals surface area contributed by atoms with Gasteiger partial charge in [0.25, 0.3) is 0 Å². The number of hydrogen-bond donors (Lipinski definition) is 2. The van der Waals surface area contributed by atoms with Crippen LogP contribution in [0.15, 0.2) is 23.1 Å². The van der Waals surface area contributed by atoms with Crippen LogP contribution in [0.4, 0.5) is 5.69 Å². The topological polar surface area (TPSA) is 64.3 Å². The van der Waals surface area contributed by atoms with Gasteiger partial charge in [-0.15, -0.1) is 11.8 Å². The molecule has 100 valence electrons. The van der Waals surface area contributed by atoms with Crippen molar-refractivity contribution >= 4 is 35.0 Å². The van der Waals surface area contributed by atoms with E-state index in [2.05, 4.69) is 5.32 Å². The molecule has 0 aliphatic heterocycles. The molecule has 3 N–H and O–H groups in total. The van der Waals surface area contributed by atoms with Crippen LogP contribution in [0.25, 0.3) is 0 Å². The fraction of sp³-hybridized carbons (Fsp3) is 0.417. The number of halogens is 1. The molecule has 1 amide bonds. The quantitative estimate of drug-likeness (QED) is 0.622. The smallest absolute Gasteiger partial charge is 0.230 e. The largest absolute Gasteiger partial charge is 0.398 e. The van der Waals surface area contributed by atoms with Crippen LogP contribution >= 0.6 is 23.4 Å². The molecular weight excluding hydrogens is 272 g/mol. The third-order valence-corrected chi connectivity index (χ3v) is 3.46. The van der Waals surface area contributed by atoms with Crippen molar-refractivity contribution in [2.75, 3.05) is 25.2 Å². The van der Waals surface area contributed by atoms with Gasteiger partial charge < -0.3 is 15.8 Å². The van der Waals surface area contributed by atoms with Gasteiger partial charge in [-0.3, -0.25) is 4.79 Å². The summed E-state index contributed by atoms with van der Waals surface area (Å²) in [4.78, 5) is 12.5. The number of carbonyl (C=O) groups excluding carboxylic acids is 1. The van der Waals surface area contributed by atoms with Crippen molar-refractivity contribution < 1.29 is 9.53 Å². The van der Waals surface area contributed by atoms with Gasteiger partial charge in [0.05, 0.1) is 12.4 Å². The molecule has 0 bridgehead atoms. The number of methoxy groups -OCH3 is 1. The Morgan fingerprint density at radius 2 is 2.33 bits per heavy atom. The summed E-state index contributed by atoms with van der Waals surface area (Å²) in [6.07, 6.45) is 0. The Kier molecular flexibility index (Phi) is 6.32. The minimum Gasteiger partial charge on any atom is -0.398 e. The van der Waals surface area contributed by atoms with Crippen LogP contribution in [-0.4, -0.2) is 31.4 Å². The van der Waals surface area contributed by atoms with Gasteiger partial charge >= 0.3 is 0 Å². The SMILES string of the molecule is COCC(C)NC(=O)CSc1cc(Cl)ccc1N. The number of ether oxygens (including phenoxy) is 1. The highest BCUT2D eigenvalue weighted by molar-refractivity contribution is 8.00. The van der Waals surface area contributed by atoms with Crippen molar-refractivity contribution in [2.45, 2.75) is 17.9 Å². The number of nitrogen functional groups attached to an aromatic ring is 1. The molecule has 0 saturated heterocycles. The summed E-state index contributed by atoms with van der Waals surface area (Å²) in [6.45, 7) is 2.38. The van der Waals surface area contributed by atoms with Crippen LogP contribution in [-0.2, 0) is 9.53 Å². The summed E-state index contributed by atoms with van der Waals surface area (Å²) in [5.41, 5.74) is 6.42. The Morgan fingerprint density at radius 1 is 1.61 bits per heavy atom.